The molecule has 168 valence electrons. The average molecular weight is 475 g/mol. The number of benzene rings is 1. The second-order valence-corrected chi connectivity index (χ2v) is 11.7. The van der Waals surface area contributed by atoms with Gasteiger partial charge in [0.25, 0.3) is 0 Å². The van der Waals surface area contributed by atoms with E-state index >= 15 is 0 Å². The fraction of sp³-hybridized carbons (Fsp3) is 0.368. The maximum Gasteiger partial charge on any atom is 0.410 e. The van der Waals surface area contributed by atoms with Crippen molar-refractivity contribution in [1.82, 2.24) is 18.7 Å². The smallest absolute Gasteiger partial charge is 0.246 e. The van der Waals surface area contributed by atoms with E-state index in [2.05, 4.69) is 14.7 Å². The molecule has 1 aromatic carbocycles. The minimum atomic E-state index is -4.79. The van der Waals surface area contributed by atoms with E-state index in [1.807, 2.05) is 0 Å². The van der Waals surface area contributed by atoms with Crippen molar-refractivity contribution in [1.29, 1.82) is 0 Å². The average Bonchev–Trinajstić information content (AvgIpc) is 3.08. The van der Waals surface area contributed by atoms with E-state index in [0.717, 1.165) is 10.2 Å². The summed E-state index contributed by atoms with van der Waals surface area (Å²) in [7, 11) is -5.89. The Morgan fingerprint density at radius 3 is 2.35 bits per heavy atom. The molecule has 0 radical (unpaired) electrons. The first-order valence-corrected chi connectivity index (χ1v) is 11.9. The molecule has 0 amide bonds. The van der Waals surface area contributed by atoms with E-state index < -0.39 is 43.7 Å². The van der Waals surface area contributed by atoms with Crippen molar-refractivity contribution >= 4 is 32.2 Å². The second-order valence-electron chi connectivity index (χ2n) is 7.83. The summed E-state index contributed by atoms with van der Waals surface area (Å²) < 4.78 is 80.7. The third-order valence-electron chi connectivity index (χ3n) is 4.27. The highest BCUT2D eigenvalue weighted by atomic mass is 32.2. The van der Waals surface area contributed by atoms with Crippen LogP contribution in [0, 0.1) is 0 Å². The Bertz CT molecular complexity index is 1200. The summed E-state index contributed by atoms with van der Waals surface area (Å²) in [5, 5.41) is 0. The first kappa shape index (κ1) is 23.4. The predicted octanol–water partition coefficient (Wildman–Crippen LogP) is 3.46. The van der Waals surface area contributed by atoms with Crippen LogP contribution in [0.15, 0.2) is 48.8 Å². The molecular formula is C19H21F3N4O3S2. The lowest BCUT2D eigenvalue weighted by atomic mass is 10.2. The Kier molecular flexibility index (Phi) is 6.27. The summed E-state index contributed by atoms with van der Waals surface area (Å²) in [5.74, 6) is -0.307. The second kappa shape index (κ2) is 8.32. The van der Waals surface area contributed by atoms with Gasteiger partial charge in [-0.05, 0) is 32.4 Å². The summed E-state index contributed by atoms with van der Waals surface area (Å²) in [5.41, 5.74) is -0.0555. The van der Waals surface area contributed by atoms with Crippen LogP contribution in [-0.4, -0.2) is 37.5 Å². The van der Waals surface area contributed by atoms with Gasteiger partial charge in [-0.25, -0.2) is 31.3 Å². The quantitative estimate of drug-likeness (QED) is 0.591. The fourth-order valence-electron chi connectivity index (χ4n) is 2.70. The van der Waals surface area contributed by atoms with Gasteiger partial charge in [0.15, 0.2) is 11.7 Å². The molecule has 3 aromatic rings. The van der Waals surface area contributed by atoms with Gasteiger partial charge in [0.1, 0.15) is 5.52 Å². The van der Waals surface area contributed by atoms with Crippen molar-refractivity contribution in [2.24, 2.45) is 0 Å². The van der Waals surface area contributed by atoms with Gasteiger partial charge in [0, 0.05) is 6.20 Å². The van der Waals surface area contributed by atoms with E-state index in [1.54, 1.807) is 30.3 Å². The van der Waals surface area contributed by atoms with Gasteiger partial charge in [-0.1, -0.05) is 30.3 Å². The molecule has 1 unspecified atom stereocenters. The number of aromatic nitrogens is 3. The molecule has 0 spiro atoms. The predicted molar refractivity (Wildman–Crippen MR) is 112 cm³/mol. The maximum atomic E-state index is 13.6. The molecule has 0 bridgehead atoms. The van der Waals surface area contributed by atoms with Crippen molar-refractivity contribution in [3.05, 3.63) is 60.0 Å². The van der Waals surface area contributed by atoms with Crippen LogP contribution >= 0.6 is 0 Å². The van der Waals surface area contributed by atoms with Gasteiger partial charge < -0.3 is 0 Å². The zero-order valence-electron chi connectivity index (χ0n) is 16.9. The van der Waals surface area contributed by atoms with Gasteiger partial charge in [-0.3, -0.25) is 0 Å². The summed E-state index contributed by atoms with van der Waals surface area (Å²) in [6.45, 7) is 4.61. The van der Waals surface area contributed by atoms with Gasteiger partial charge >= 0.3 is 6.18 Å². The lowest BCUT2D eigenvalue weighted by Gasteiger charge is -2.25. The lowest BCUT2D eigenvalue weighted by molar-refractivity contribution is -0.153. The van der Waals surface area contributed by atoms with Gasteiger partial charge in [0.05, 0.1) is 33.4 Å². The SMILES string of the molecule is CC(C)(C)[S@](=O)NC(c1cnc2c(ccn2S(=O)(=O)Cc2ccccc2)n1)C(F)(F)F. The fourth-order valence-corrected chi connectivity index (χ4v) is 4.92. The van der Waals surface area contributed by atoms with Crippen LogP contribution in [0.2, 0.25) is 0 Å². The molecule has 0 saturated carbocycles. The van der Waals surface area contributed by atoms with E-state index in [4.69, 9.17) is 0 Å². The molecule has 2 aromatic heterocycles. The van der Waals surface area contributed by atoms with Gasteiger partial charge in [-0.2, -0.15) is 13.2 Å². The molecular weight excluding hydrogens is 453 g/mol. The first-order chi connectivity index (χ1) is 14.3. The Hall–Kier alpha value is -2.31. The summed E-state index contributed by atoms with van der Waals surface area (Å²) in [6, 6.07) is 7.43. The van der Waals surface area contributed by atoms with Crippen LogP contribution in [0.3, 0.4) is 0 Å². The van der Waals surface area contributed by atoms with Crippen molar-refractivity contribution in [3.8, 4) is 0 Å². The standard InChI is InChI=1S/C19H21F3N4O3S2/c1-18(2,3)30(27)25-16(19(20,21)22)15-11-23-17-14(24-15)9-10-26(17)31(28,29)12-13-7-5-4-6-8-13/h4-11,16,25H,12H2,1-3H3/t16?,30-/m0/s1. The van der Waals surface area contributed by atoms with Crippen molar-refractivity contribution in [2.45, 2.75) is 43.5 Å². The molecule has 0 saturated heterocycles. The number of alkyl halides is 3. The van der Waals surface area contributed by atoms with Gasteiger partial charge in [0.2, 0.25) is 10.0 Å². The molecule has 7 nitrogen and oxygen atoms in total. The van der Waals surface area contributed by atoms with Crippen LogP contribution in [0.25, 0.3) is 11.2 Å². The number of nitrogens with zero attached hydrogens (tertiary/aromatic N) is 3. The minimum absolute atomic E-state index is 0.0215. The van der Waals surface area contributed by atoms with Gasteiger partial charge in [-0.15, -0.1) is 0 Å². The minimum Gasteiger partial charge on any atom is -0.246 e. The number of rotatable bonds is 6. The topological polar surface area (TPSA) is 94.0 Å². The molecule has 31 heavy (non-hydrogen) atoms. The molecule has 2 atom stereocenters. The normalized spacial score (nSPS) is 15.2. The number of hydrogen-bond donors (Lipinski definition) is 1. The highest BCUT2D eigenvalue weighted by Crippen LogP contribution is 2.33. The zero-order valence-corrected chi connectivity index (χ0v) is 18.6. The third-order valence-corrected chi connectivity index (χ3v) is 7.42. The number of nitrogens with one attached hydrogen (secondary N) is 1. The molecule has 0 aliphatic carbocycles. The molecule has 0 fully saturated rings. The Labute approximate surface area is 180 Å². The maximum absolute atomic E-state index is 13.6. The number of hydrogen-bond acceptors (Lipinski definition) is 5. The zero-order chi connectivity index (χ0) is 23.0. The molecule has 3 rings (SSSR count). The summed E-state index contributed by atoms with van der Waals surface area (Å²) in [6.07, 6.45) is -2.73. The van der Waals surface area contributed by atoms with Crippen LogP contribution in [0.4, 0.5) is 13.2 Å². The van der Waals surface area contributed by atoms with E-state index in [1.165, 1.54) is 33.0 Å². The van der Waals surface area contributed by atoms with Crippen molar-refractivity contribution in [2.75, 3.05) is 0 Å². The Morgan fingerprint density at radius 2 is 1.77 bits per heavy atom. The number of halogens is 3. The highest BCUT2D eigenvalue weighted by Gasteiger charge is 2.44. The molecule has 2 heterocycles. The highest BCUT2D eigenvalue weighted by molar-refractivity contribution is 7.89. The van der Waals surface area contributed by atoms with Crippen LogP contribution in [-0.2, 0) is 26.8 Å². The number of fused-ring (bicyclic) bond motifs is 1. The molecule has 0 aliphatic heterocycles. The van der Waals surface area contributed by atoms with E-state index in [9.17, 15) is 25.8 Å². The van der Waals surface area contributed by atoms with E-state index in [0.29, 0.717) is 5.56 Å². The van der Waals surface area contributed by atoms with Crippen molar-refractivity contribution in [3.63, 3.8) is 0 Å². The first-order valence-electron chi connectivity index (χ1n) is 9.15. The molecule has 0 aliphatic rings. The van der Waals surface area contributed by atoms with Crippen LogP contribution in [0.5, 0.6) is 0 Å². The van der Waals surface area contributed by atoms with Crippen molar-refractivity contribution < 1.29 is 25.8 Å². The molecule has 12 heteroatoms. The van der Waals surface area contributed by atoms with E-state index in [-0.39, 0.29) is 16.9 Å². The lowest BCUT2D eigenvalue weighted by Crippen LogP contribution is -2.42. The Morgan fingerprint density at radius 1 is 1.13 bits per heavy atom. The van der Waals surface area contributed by atoms with Crippen LogP contribution < -0.4 is 4.72 Å². The monoisotopic (exact) mass is 474 g/mol. The summed E-state index contributed by atoms with van der Waals surface area (Å²) in [4.78, 5) is 7.89. The van der Waals surface area contributed by atoms with Crippen LogP contribution in [0.1, 0.15) is 38.1 Å². The third kappa shape index (κ3) is 5.31. The largest absolute Gasteiger partial charge is 0.410 e. The molecule has 1 N–H and O–H groups in total. The summed E-state index contributed by atoms with van der Waals surface area (Å²) >= 11 is 0. The Balaban J connectivity index is 1.97.